The minimum absolute atomic E-state index is 0.214. The van der Waals surface area contributed by atoms with Crippen LogP contribution in [0, 0.1) is 23.7 Å². The summed E-state index contributed by atoms with van der Waals surface area (Å²) in [5.74, 6) is 3.65. The van der Waals surface area contributed by atoms with Crippen LogP contribution >= 0.6 is 0 Å². The molecule has 0 aromatic heterocycles. The van der Waals surface area contributed by atoms with Gasteiger partial charge >= 0.3 is 0 Å². The first-order valence-corrected chi connectivity index (χ1v) is 10.0. The molecule has 2 aliphatic carbocycles. The van der Waals surface area contributed by atoms with Crippen molar-refractivity contribution in [1.82, 2.24) is 0 Å². The lowest BCUT2D eigenvalue weighted by Gasteiger charge is -2.28. The van der Waals surface area contributed by atoms with E-state index in [-0.39, 0.29) is 5.78 Å². The van der Waals surface area contributed by atoms with Crippen molar-refractivity contribution in [3.05, 3.63) is 24.8 Å². The first kappa shape index (κ1) is 18.5. The average molecular weight is 317 g/mol. The molecule has 0 aromatic rings. The number of carbonyl (C=O) groups is 1. The van der Waals surface area contributed by atoms with Crippen molar-refractivity contribution < 1.29 is 4.79 Å². The van der Waals surface area contributed by atoms with E-state index in [2.05, 4.69) is 25.7 Å². The number of allylic oxidation sites excluding steroid dienone is 3. The molecule has 0 saturated heterocycles. The van der Waals surface area contributed by atoms with Crippen LogP contribution in [-0.2, 0) is 4.79 Å². The van der Waals surface area contributed by atoms with Crippen LogP contribution in [0.2, 0.25) is 0 Å². The second-order valence-corrected chi connectivity index (χ2v) is 7.94. The van der Waals surface area contributed by atoms with E-state index in [1.807, 2.05) is 0 Å². The number of carbonyl (C=O) groups excluding carboxylic acids is 1. The highest BCUT2D eigenvalue weighted by Crippen LogP contribution is 2.35. The van der Waals surface area contributed by atoms with Gasteiger partial charge in [0, 0.05) is 6.42 Å². The summed E-state index contributed by atoms with van der Waals surface area (Å²) in [5, 5.41) is 0. The molecule has 1 heteroatoms. The molecule has 130 valence electrons. The smallest absolute Gasteiger partial charge is 0.155 e. The van der Waals surface area contributed by atoms with Gasteiger partial charge in [0.05, 0.1) is 0 Å². The van der Waals surface area contributed by atoms with Crippen molar-refractivity contribution in [2.75, 3.05) is 0 Å². The highest BCUT2D eigenvalue weighted by molar-refractivity contribution is 5.88. The SMILES string of the molecule is C=CC(=O)CCC1CCC(C=CC2CCC(CCC)CC2)CC1. The molecule has 0 unspecified atom stereocenters. The predicted molar refractivity (Wildman–Crippen MR) is 99.4 cm³/mol. The van der Waals surface area contributed by atoms with Gasteiger partial charge in [0.15, 0.2) is 5.78 Å². The number of hydrogen-bond acceptors (Lipinski definition) is 1. The van der Waals surface area contributed by atoms with Gasteiger partial charge in [-0.3, -0.25) is 4.79 Å². The van der Waals surface area contributed by atoms with Gasteiger partial charge in [-0.1, -0.05) is 38.5 Å². The standard InChI is InChI=1S/C22H36O/c1-3-5-18-6-8-19(9-7-18)10-11-20-12-14-21(15-13-20)16-17-22(23)4-2/h4,10-11,18-21H,2-3,5-9,12-17H2,1H3. The Balaban J connectivity index is 1.62. The van der Waals surface area contributed by atoms with E-state index in [1.165, 1.54) is 70.3 Å². The molecule has 0 radical (unpaired) electrons. The van der Waals surface area contributed by atoms with E-state index in [0.717, 1.165) is 30.1 Å². The maximum absolute atomic E-state index is 11.3. The Morgan fingerprint density at radius 3 is 1.78 bits per heavy atom. The summed E-state index contributed by atoms with van der Waals surface area (Å²) >= 11 is 0. The molecule has 0 aromatic carbocycles. The van der Waals surface area contributed by atoms with E-state index in [0.29, 0.717) is 6.42 Å². The van der Waals surface area contributed by atoms with Crippen LogP contribution in [0.3, 0.4) is 0 Å². The van der Waals surface area contributed by atoms with Gasteiger partial charge in [-0.25, -0.2) is 0 Å². The number of hydrogen-bond donors (Lipinski definition) is 0. The van der Waals surface area contributed by atoms with Gasteiger partial charge in [-0.2, -0.15) is 0 Å². The predicted octanol–water partition coefficient (Wildman–Crippen LogP) is 6.49. The minimum atomic E-state index is 0.214. The second kappa shape index (κ2) is 10.1. The molecule has 0 bridgehead atoms. The lowest BCUT2D eigenvalue weighted by molar-refractivity contribution is -0.114. The number of rotatable bonds is 8. The molecule has 23 heavy (non-hydrogen) atoms. The quantitative estimate of drug-likeness (QED) is 0.369. The molecule has 2 saturated carbocycles. The third-order valence-electron chi connectivity index (χ3n) is 6.16. The molecule has 0 heterocycles. The first-order chi connectivity index (χ1) is 11.2. The maximum atomic E-state index is 11.3. The molecule has 0 aliphatic heterocycles. The van der Waals surface area contributed by atoms with Crippen molar-refractivity contribution >= 4 is 5.78 Å². The summed E-state index contributed by atoms with van der Waals surface area (Å²) in [5.41, 5.74) is 0. The molecule has 2 aliphatic rings. The zero-order chi connectivity index (χ0) is 16.5. The molecular weight excluding hydrogens is 280 g/mol. The van der Waals surface area contributed by atoms with Gasteiger partial charge in [0.1, 0.15) is 0 Å². The van der Waals surface area contributed by atoms with Crippen molar-refractivity contribution in [2.45, 2.75) is 84.0 Å². The van der Waals surface area contributed by atoms with Gasteiger partial charge in [-0.05, 0) is 87.5 Å². The van der Waals surface area contributed by atoms with E-state index >= 15 is 0 Å². The van der Waals surface area contributed by atoms with Crippen LogP contribution in [0.4, 0.5) is 0 Å². The summed E-state index contributed by atoms with van der Waals surface area (Å²) < 4.78 is 0. The summed E-state index contributed by atoms with van der Waals surface area (Å²) in [6.45, 7) is 5.88. The molecule has 2 fully saturated rings. The van der Waals surface area contributed by atoms with E-state index in [1.54, 1.807) is 0 Å². The van der Waals surface area contributed by atoms with E-state index in [9.17, 15) is 4.79 Å². The zero-order valence-corrected chi connectivity index (χ0v) is 15.1. The molecular formula is C22H36O. The Morgan fingerprint density at radius 2 is 1.35 bits per heavy atom. The molecule has 1 nitrogen and oxygen atoms in total. The minimum Gasteiger partial charge on any atom is -0.295 e. The Hall–Kier alpha value is -0.850. The van der Waals surface area contributed by atoms with Crippen molar-refractivity contribution in [3.63, 3.8) is 0 Å². The molecule has 0 spiro atoms. The Kier molecular flexibility index (Phi) is 8.12. The fourth-order valence-corrected chi connectivity index (χ4v) is 4.51. The van der Waals surface area contributed by atoms with Crippen LogP contribution < -0.4 is 0 Å². The molecule has 0 N–H and O–H groups in total. The lowest BCUT2D eigenvalue weighted by Crippen LogP contribution is -2.15. The Labute approximate surface area is 143 Å². The van der Waals surface area contributed by atoms with Crippen LogP contribution in [0.1, 0.15) is 84.0 Å². The highest BCUT2D eigenvalue weighted by Gasteiger charge is 2.21. The third-order valence-corrected chi connectivity index (χ3v) is 6.16. The summed E-state index contributed by atoms with van der Waals surface area (Å²) in [4.78, 5) is 11.3. The largest absolute Gasteiger partial charge is 0.295 e. The van der Waals surface area contributed by atoms with Crippen LogP contribution in [-0.4, -0.2) is 5.78 Å². The van der Waals surface area contributed by atoms with Gasteiger partial charge in [0.25, 0.3) is 0 Å². The summed E-state index contributed by atoms with van der Waals surface area (Å²) in [6.07, 6.45) is 22.1. The highest BCUT2D eigenvalue weighted by atomic mass is 16.1. The van der Waals surface area contributed by atoms with Gasteiger partial charge in [-0.15, -0.1) is 0 Å². The average Bonchev–Trinajstić information content (AvgIpc) is 2.60. The topological polar surface area (TPSA) is 17.1 Å². The van der Waals surface area contributed by atoms with Crippen molar-refractivity contribution in [2.24, 2.45) is 23.7 Å². The number of ketones is 1. The zero-order valence-electron chi connectivity index (χ0n) is 15.1. The Bertz CT molecular complexity index is 379. The van der Waals surface area contributed by atoms with E-state index in [4.69, 9.17) is 0 Å². The van der Waals surface area contributed by atoms with Crippen LogP contribution in [0.15, 0.2) is 24.8 Å². The summed E-state index contributed by atoms with van der Waals surface area (Å²) in [6, 6.07) is 0. The first-order valence-electron chi connectivity index (χ1n) is 10.0. The normalized spacial score (nSPS) is 32.0. The van der Waals surface area contributed by atoms with Gasteiger partial charge in [0.2, 0.25) is 0 Å². The summed E-state index contributed by atoms with van der Waals surface area (Å²) in [7, 11) is 0. The second-order valence-electron chi connectivity index (χ2n) is 7.94. The fourth-order valence-electron chi connectivity index (χ4n) is 4.51. The maximum Gasteiger partial charge on any atom is 0.155 e. The van der Waals surface area contributed by atoms with Gasteiger partial charge < -0.3 is 0 Å². The molecule has 0 atom stereocenters. The van der Waals surface area contributed by atoms with Crippen molar-refractivity contribution in [1.29, 1.82) is 0 Å². The van der Waals surface area contributed by atoms with Crippen molar-refractivity contribution in [3.8, 4) is 0 Å². The monoisotopic (exact) mass is 316 g/mol. The molecule has 0 amide bonds. The van der Waals surface area contributed by atoms with E-state index < -0.39 is 0 Å². The van der Waals surface area contributed by atoms with Crippen LogP contribution in [0.25, 0.3) is 0 Å². The Morgan fingerprint density at radius 1 is 0.870 bits per heavy atom. The third kappa shape index (κ3) is 6.65. The molecule has 2 rings (SSSR count). The lowest BCUT2D eigenvalue weighted by atomic mass is 9.77. The fraction of sp³-hybridized carbons (Fsp3) is 0.773. The van der Waals surface area contributed by atoms with Crippen LogP contribution in [0.5, 0.6) is 0 Å².